The molecule has 17 nitrogen and oxygen atoms in total. The lowest BCUT2D eigenvalue weighted by molar-refractivity contribution is -0.376. The standard InChI is InChI=1S/C38H64O17/c1-9-10-11-12-13-14-15-16-17-18-19-46-36-29(45)33(31(21(3)47-36)51-24(6)40)54-38-35(53-26(8)42)34(32(22(4)49-38)52-25(7)41)55-37-28(44)27(43)30(20(2)48-37)50-23(5)39/h20-22,27-38,43-45H,9-19H2,1-8H3. The number of rotatable bonds is 20. The molecule has 0 bridgehead atoms. The fraction of sp³-hybridized carbons (Fsp3) is 0.895. The number of carbonyl (C=O) groups excluding carboxylic acids is 4. The Morgan fingerprint density at radius 2 is 0.855 bits per heavy atom. The van der Waals surface area contributed by atoms with Gasteiger partial charge in [0.25, 0.3) is 0 Å². The highest BCUT2D eigenvalue weighted by molar-refractivity contribution is 5.67. The Morgan fingerprint density at radius 3 is 1.38 bits per heavy atom. The second kappa shape index (κ2) is 23.1. The molecule has 0 radical (unpaired) electrons. The van der Waals surface area contributed by atoms with Gasteiger partial charge < -0.3 is 62.7 Å². The molecule has 0 aromatic rings. The Labute approximate surface area is 323 Å². The van der Waals surface area contributed by atoms with Crippen LogP contribution in [0.25, 0.3) is 0 Å². The third kappa shape index (κ3) is 14.1. The summed E-state index contributed by atoms with van der Waals surface area (Å²) in [5.41, 5.74) is 0. The van der Waals surface area contributed by atoms with E-state index in [1.54, 1.807) is 6.92 Å². The number of esters is 4. The van der Waals surface area contributed by atoms with E-state index in [0.29, 0.717) is 0 Å². The van der Waals surface area contributed by atoms with Gasteiger partial charge in [-0.25, -0.2) is 0 Å². The van der Waals surface area contributed by atoms with Crippen molar-refractivity contribution in [2.75, 3.05) is 6.61 Å². The van der Waals surface area contributed by atoms with Gasteiger partial charge in [-0.3, -0.25) is 19.2 Å². The van der Waals surface area contributed by atoms with Crippen LogP contribution in [0.4, 0.5) is 0 Å². The first-order chi connectivity index (χ1) is 26.0. The molecule has 0 aromatic carbocycles. The summed E-state index contributed by atoms with van der Waals surface area (Å²) in [7, 11) is 0. The fourth-order valence-electron chi connectivity index (χ4n) is 7.12. The molecule has 3 N–H and O–H groups in total. The van der Waals surface area contributed by atoms with E-state index in [9.17, 15) is 34.5 Å². The molecule has 0 aromatic heterocycles. The number of hydrogen-bond donors (Lipinski definition) is 3. The van der Waals surface area contributed by atoms with E-state index in [0.717, 1.165) is 46.5 Å². The van der Waals surface area contributed by atoms with Gasteiger partial charge in [-0.1, -0.05) is 64.7 Å². The van der Waals surface area contributed by atoms with E-state index in [-0.39, 0.29) is 6.61 Å². The molecule has 55 heavy (non-hydrogen) atoms. The zero-order valence-corrected chi connectivity index (χ0v) is 33.5. The second-order valence-electron chi connectivity index (χ2n) is 14.7. The predicted octanol–water partition coefficient (Wildman–Crippen LogP) is 2.74. The lowest BCUT2D eigenvalue weighted by atomic mass is 9.96. The van der Waals surface area contributed by atoms with Gasteiger partial charge in [0.15, 0.2) is 43.3 Å². The maximum Gasteiger partial charge on any atom is 0.303 e. The molecule has 3 heterocycles. The average Bonchev–Trinajstić information content (AvgIpc) is 3.10. The number of ether oxygens (including phenoxy) is 10. The van der Waals surface area contributed by atoms with Crippen molar-refractivity contribution in [3.05, 3.63) is 0 Å². The minimum atomic E-state index is -1.78. The number of aliphatic hydroxyl groups excluding tert-OH is 3. The zero-order valence-electron chi connectivity index (χ0n) is 33.5. The first kappa shape index (κ1) is 46.9. The molecule has 3 saturated heterocycles. The first-order valence-electron chi connectivity index (χ1n) is 19.7. The van der Waals surface area contributed by atoms with Crippen LogP contribution in [0.1, 0.15) is 120 Å². The van der Waals surface area contributed by atoms with E-state index >= 15 is 0 Å². The Bertz CT molecular complexity index is 1200. The van der Waals surface area contributed by atoms with E-state index in [4.69, 9.17) is 47.4 Å². The molecular formula is C38H64O17. The number of carbonyl (C=O) groups is 4. The van der Waals surface area contributed by atoms with Crippen molar-refractivity contribution in [3.8, 4) is 0 Å². The number of hydrogen-bond acceptors (Lipinski definition) is 17. The van der Waals surface area contributed by atoms with Crippen LogP contribution in [0.2, 0.25) is 0 Å². The van der Waals surface area contributed by atoms with Crippen molar-refractivity contribution in [1.29, 1.82) is 0 Å². The Morgan fingerprint density at radius 1 is 0.455 bits per heavy atom. The molecular weight excluding hydrogens is 728 g/mol. The molecule has 3 fully saturated rings. The summed E-state index contributed by atoms with van der Waals surface area (Å²) in [4.78, 5) is 48.7. The van der Waals surface area contributed by atoms with Gasteiger partial charge >= 0.3 is 23.9 Å². The highest BCUT2D eigenvalue weighted by atomic mass is 16.8. The van der Waals surface area contributed by atoms with Crippen LogP contribution in [-0.2, 0) is 66.5 Å². The molecule has 17 heteroatoms. The summed E-state index contributed by atoms with van der Waals surface area (Å²) in [6.45, 7) is 11.7. The van der Waals surface area contributed by atoms with Crippen molar-refractivity contribution in [1.82, 2.24) is 0 Å². The van der Waals surface area contributed by atoms with Gasteiger partial charge in [0.1, 0.15) is 30.5 Å². The van der Waals surface area contributed by atoms with Crippen molar-refractivity contribution in [2.45, 2.75) is 212 Å². The van der Waals surface area contributed by atoms with E-state index in [1.165, 1.54) is 59.3 Å². The van der Waals surface area contributed by atoms with Gasteiger partial charge in [0.05, 0.1) is 18.3 Å². The van der Waals surface area contributed by atoms with Crippen LogP contribution in [0.5, 0.6) is 0 Å². The van der Waals surface area contributed by atoms with Gasteiger partial charge in [0, 0.05) is 34.3 Å². The summed E-state index contributed by atoms with van der Waals surface area (Å²) in [5.74, 6) is -2.96. The molecule has 0 amide bonds. The summed E-state index contributed by atoms with van der Waals surface area (Å²) >= 11 is 0. The Kier molecular flexibility index (Phi) is 19.7. The molecule has 3 rings (SSSR count). The normalized spacial score (nSPS) is 36.5. The van der Waals surface area contributed by atoms with Gasteiger partial charge in [-0.05, 0) is 27.2 Å². The maximum absolute atomic E-state index is 12.5. The minimum absolute atomic E-state index is 0.287. The second-order valence-corrected chi connectivity index (χ2v) is 14.7. The molecule has 15 unspecified atom stereocenters. The number of unbranched alkanes of at least 4 members (excludes halogenated alkanes) is 9. The summed E-state index contributed by atoms with van der Waals surface area (Å²) in [5, 5.41) is 33.4. The van der Waals surface area contributed by atoms with Crippen LogP contribution in [-0.4, -0.2) is 138 Å². The van der Waals surface area contributed by atoms with Crippen LogP contribution in [0.15, 0.2) is 0 Å². The van der Waals surface area contributed by atoms with Gasteiger partial charge in [-0.15, -0.1) is 0 Å². The topological polar surface area (TPSA) is 221 Å². The Balaban J connectivity index is 1.80. The quantitative estimate of drug-likeness (QED) is 0.0916. The summed E-state index contributed by atoms with van der Waals surface area (Å²) in [6, 6.07) is 0. The van der Waals surface area contributed by atoms with Crippen LogP contribution < -0.4 is 0 Å². The Hall–Kier alpha value is -2.48. The summed E-state index contributed by atoms with van der Waals surface area (Å²) < 4.78 is 58.2. The third-order valence-corrected chi connectivity index (χ3v) is 9.83. The lowest BCUT2D eigenvalue weighted by Crippen LogP contribution is -2.67. The molecule has 3 aliphatic heterocycles. The van der Waals surface area contributed by atoms with Crippen molar-refractivity contribution in [2.24, 2.45) is 0 Å². The highest BCUT2D eigenvalue weighted by Crippen LogP contribution is 2.36. The fourth-order valence-corrected chi connectivity index (χ4v) is 7.12. The third-order valence-electron chi connectivity index (χ3n) is 9.83. The molecule has 3 aliphatic rings. The number of aliphatic hydroxyl groups is 3. The zero-order chi connectivity index (χ0) is 40.8. The van der Waals surface area contributed by atoms with Crippen LogP contribution in [0.3, 0.4) is 0 Å². The molecule has 0 saturated carbocycles. The molecule has 15 atom stereocenters. The lowest BCUT2D eigenvalue weighted by Gasteiger charge is -2.49. The molecule has 0 spiro atoms. The van der Waals surface area contributed by atoms with Gasteiger partial charge in [-0.2, -0.15) is 0 Å². The SMILES string of the molecule is CCCCCCCCCCCCOC1OC(C)C(OC(C)=O)C(OC2OC(C)C(OC(C)=O)C(OC3OC(C)C(OC(C)=O)C(O)C3O)C2OC(C)=O)C1O. The largest absolute Gasteiger partial charge is 0.457 e. The van der Waals surface area contributed by atoms with Crippen molar-refractivity contribution in [3.63, 3.8) is 0 Å². The maximum atomic E-state index is 12.5. The van der Waals surface area contributed by atoms with Crippen LogP contribution >= 0.6 is 0 Å². The monoisotopic (exact) mass is 792 g/mol. The predicted molar refractivity (Wildman–Crippen MR) is 191 cm³/mol. The van der Waals surface area contributed by atoms with E-state index in [2.05, 4.69) is 6.92 Å². The van der Waals surface area contributed by atoms with Gasteiger partial charge in [0.2, 0.25) is 0 Å². The smallest absolute Gasteiger partial charge is 0.303 e. The highest BCUT2D eigenvalue weighted by Gasteiger charge is 2.56. The van der Waals surface area contributed by atoms with Crippen molar-refractivity contribution < 1.29 is 81.9 Å². The molecule has 0 aliphatic carbocycles. The first-order valence-corrected chi connectivity index (χ1v) is 19.7. The van der Waals surface area contributed by atoms with E-state index < -0.39 is 116 Å². The van der Waals surface area contributed by atoms with Crippen molar-refractivity contribution >= 4 is 23.9 Å². The van der Waals surface area contributed by atoms with Crippen LogP contribution in [0, 0.1) is 0 Å². The van der Waals surface area contributed by atoms with E-state index in [1.807, 2.05) is 0 Å². The minimum Gasteiger partial charge on any atom is -0.457 e. The average molecular weight is 793 g/mol. The molecule has 318 valence electrons. The summed E-state index contributed by atoms with van der Waals surface area (Å²) in [6.07, 6.45) is -8.88.